The summed E-state index contributed by atoms with van der Waals surface area (Å²) >= 11 is 0. The monoisotopic (exact) mass is 415 g/mol. The molecule has 160 valence electrons. The number of aromatic amines is 1. The number of fused-ring (bicyclic) bond motifs is 1. The van der Waals surface area contributed by atoms with Gasteiger partial charge in [-0.25, -0.2) is 0 Å². The third-order valence-electron chi connectivity index (χ3n) is 5.16. The maximum Gasteiger partial charge on any atom is 0.322 e. The van der Waals surface area contributed by atoms with Gasteiger partial charge in [-0.15, -0.1) is 0 Å². The average molecular weight is 415 g/mol. The molecule has 2 aromatic rings. The first-order valence-corrected chi connectivity index (χ1v) is 9.74. The minimum atomic E-state index is -1.16. The highest BCUT2D eigenvalue weighted by atomic mass is 16.4. The summed E-state index contributed by atoms with van der Waals surface area (Å²) in [4.78, 5) is 52.1. The van der Waals surface area contributed by atoms with Gasteiger partial charge in [-0.05, 0) is 30.9 Å². The molecule has 2 atom stereocenters. The van der Waals surface area contributed by atoms with Crippen LogP contribution >= 0.6 is 0 Å². The van der Waals surface area contributed by atoms with Crippen LogP contribution in [0, 0.1) is 0 Å². The molecule has 3 amide bonds. The Morgan fingerprint density at radius 2 is 1.97 bits per heavy atom. The molecule has 1 aliphatic rings. The van der Waals surface area contributed by atoms with E-state index in [1.165, 1.54) is 4.90 Å². The predicted molar refractivity (Wildman–Crippen MR) is 108 cm³/mol. The summed E-state index contributed by atoms with van der Waals surface area (Å²) < 4.78 is 0. The summed E-state index contributed by atoms with van der Waals surface area (Å²) in [5.41, 5.74) is 7.88. The highest BCUT2D eigenvalue weighted by Gasteiger charge is 2.34. The molecule has 0 aliphatic carbocycles. The van der Waals surface area contributed by atoms with Gasteiger partial charge in [-0.1, -0.05) is 18.2 Å². The number of nitrogens with zero attached hydrogens (tertiary/aromatic N) is 1. The lowest BCUT2D eigenvalue weighted by Gasteiger charge is -2.24. The molecule has 1 fully saturated rings. The number of nitrogens with two attached hydrogens (primary N) is 1. The van der Waals surface area contributed by atoms with Crippen LogP contribution in [0.5, 0.6) is 0 Å². The molecule has 1 aromatic heterocycles. The number of H-pyrrole nitrogens is 1. The normalized spacial score (nSPS) is 17.0. The van der Waals surface area contributed by atoms with Gasteiger partial charge in [-0.2, -0.15) is 0 Å². The molecule has 10 nitrogen and oxygen atoms in total. The number of para-hydroxylation sites is 1. The van der Waals surface area contributed by atoms with Crippen molar-refractivity contribution in [2.75, 3.05) is 19.6 Å². The first kappa shape index (κ1) is 21.3. The summed E-state index contributed by atoms with van der Waals surface area (Å²) in [6.07, 6.45) is 3.21. The molecular formula is C20H25N5O5. The molecule has 2 unspecified atom stereocenters. The summed E-state index contributed by atoms with van der Waals surface area (Å²) in [5, 5.41) is 14.5. The second kappa shape index (κ2) is 9.40. The average Bonchev–Trinajstić information content (AvgIpc) is 3.37. The fraction of sp³-hybridized carbons (Fsp3) is 0.400. The van der Waals surface area contributed by atoms with Crippen molar-refractivity contribution in [1.82, 2.24) is 20.5 Å². The number of carboxylic acid groups (broad SMARTS) is 1. The fourth-order valence-electron chi connectivity index (χ4n) is 3.64. The van der Waals surface area contributed by atoms with Crippen molar-refractivity contribution < 1.29 is 24.3 Å². The number of carbonyl (C=O) groups is 4. The van der Waals surface area contributed by atoms with Crippen LogP contribution < -0.4 is 16.4 Å². The van der Waals surface area contributed by atoms with Gasteiger partial charge in [0.15, 0.2) is 0 Å². The van der Waals surface area contributed by atoms with Crippen molar-refractivity contribution in [3.05, 3.63) is 36.0 Å². The Labute approximate surface area is 172 Å². The smallest absolute Gasteiger partial charge is 0.322 e. The Balaban J connectivity index is 1.51. The van der Waals surface area contributed by atoms with Gasteiger partial charge in [0.25, 0.3) is 0 Å². The molecule has 1 saturated heterocycles. The van der Waals surface area contributed by atoms with Crippen LogP contribution in [-0.4, -0.2) is 70.4 Å². The van der Waals surface area contributed by atoms with Crippen LogP contribution in [0.2, 0.25) is 0 Å². The van der Waals surface area contributed by atoms with E-state index in [0.29, 0.717) is 25.8 Å². The van der Waals surface area contributed by atoms with Crippen molar-refractivity contribution >= 4 is 34.6 Å². The van der Waals surface area contributed by atoms with Gasteiger partial charge in [0.05, 0.1) is 12.6 Å². The number of rotatable bonds is 8. The van der Waals surface area contributed by atoms with E-state index >= 15 is 0 Å². The van der Waals surface area contributed by atoms with E-state index in [1.807, 2.05) is 30.5 Å². The van der Waals surface area contributed by atoms with Crippen LogP contribution in [0.25, 0.3) is 10.9 Å². The zero-order valence-corrected chi connectivity index (χ0v) is 16.4. The van der Waals surface area contributed by atoms with E-state index in [-0.39, 0.29) is 6.54 Å². The molecule has 1 aliphatic heterocycles. The minimum Gasteiger partial charge on any atom is -0.480 e. The second-order valence-electron chi connectivity index (χ2n) is 7.24. The molecule has 6 N–H and O–H groups in total. The Kier molecular flexibility index (Phi) is 6.68. The maximum atomic E-state index is 12.5. The van der Waals surface area contributed by atoms with E-state index in [2.05, 4.69) is 15.6 Å². The zero-order valence-electron chi connectivity index (χ0n) is 16.4. The van der Waals surface area contributed by atoms with Gasteiger partial charge in [-0.3, -0.25) is 19.2 Å². The van der Waals surface area contributed by atoms with Crippen LogP contribution in [0.15, 0.2) is 30.5 Å². The van der Waals surface area contributed by atoms with Crippen LogP contribution in [0.4, 0.5) is 0 Å². The highest BCUT2D eigenvalue weighted by Crippen LogP contribution is 2.19. The number of carboxylic acids is 1. The first-order valence-electron chi connectivity index (χ1n) is 9.74. The Bertz CT molecular complexity index is 956. The molecule has 30 heavy (non-hydrogen) atoms. The second-order valence-corrected chi connectivity index (χ2v) is 7.24. The fourth-order valence-corrected chi connectivity index (χ4v) is 3.64. The van der Waals surface area contributed by atoms with Crippen molar-refractivity contribution in [2.45, 2.75) is 31.3 Å². The Morgan fingerprint density at radius 3 is 2.73 bits per heavy atom. The molecule has 0 bridgehead atoms. The van der Waals surface area contributed by atoms with Gasteiger partial charge < -0.3 is 31.4 Å². The number of aromatic nitrogens is 1. The van der Waals surface area contributed by atoms with Crippen molar-refractivity contribution in [2.24, 2.45) is 5.73 Å². The number of likely N-dealkylation sites (tertiary alicyclic amines) is 1. The van der Waals surface area contributed by atoms with E-state index in [1.54, 1.807) is 0 Å². The lowest BCUT2D eigenvalue weighted by atomic mass is 10.1. The molecule has 0 saturated carbocycles. The Hall–Kier alpha value is -3.40. The summed E-state index contributed by atoms with van der Waals surface area (Å²) in [6, 6.07) is 6.14. The highest BCUT2D eigenvalue weighted by molar-refractivity contribution is 5.92. The van der Waals surface area contributed by atoms with Crippen molar-refractivity contribution in [1.29, 1.82) is 0 Å². The number of carbonyl (C=O) groups excluding carboxylic acids is 3. The van der Waals surface area contributed by atoms with E-state index in [4.69, 9.17) is 10.8 Å². The summed E-state index contributed by atoms with van der Waals surface area (Å²) in [7, 11) is 0. The predicted octanol–water partition coefficient (Wildman–Crippen LogP) is -0.654. The van der Waals surface area contributed by atoms with Gasteiger partial charge >= 0.3 is 5.97 Å². The maximum absolute atomic E-state index is 12.5. The number of amides is 3. The van der Waals surface area contributed by atoms with Crippen molar-refractivity contribution in [3.63, 3.8) is 0 Å². The van der Waals surface area contributed by atoms with Gasteiger partial charge in [0.1, 0.15) is 12.6 Å². The molecule has 10 heteroatoms. The molecule has 3 rings (SSSR count). The zero-order chi connectivity index (χ0) is 21.7. The van der Waals surface area contributed by atoms with Crippen LogP contribution in [0.1, 0.15) is 18.4 Å². The molecular weight excluding hydrogens is 390 g/mol. The first-order chi connectivity index (χ1) is 14.4. The molecule has 0 radical (unpaired) electrons. The molecule has 0 spiro atoms. The van der Waals surface area contributed by atoms with E-state index < -0.39 is 42.3 Å². The lowest BCUT2D eigenvalue weighted by Crippen LogP contribution is -2.51. The van der Waals surface area contributed by atoms with Gasteiger partial charge in [0, 0.05) is 23.6 Å². The number of nitrogens with one attached hydrogen (secondary N) is 3. The number of benzene rings is 1. The molecule has 2 heterocycles. The van der Waals surface area contributed by atoms with E-state index in [0.717, 1.165) is 16.5 Å². The third kappa shape index (κ3) is 4.95. The van der Waals surface area contributed by atoms with E-state index in [9.17, 15) is 19.2 Å². The summed E-state index contributed by atoms with van der Waals surface area (Å²) in [5.74, 6) is -2.53. The van der Waals surface area contributed by atoms with Crippen LogP contribution in [-0.2, 0) is 25.6 Å². The van der Waals surface area contributed by atoms with Crippen LogP contribution in [0.3, 0.4) is 0 Å². The standard InChI is InChI=1S/C20H25N5O5/c21-14(8-12-9-22-15-5-2-1-4-13(12)15)19(29)23-10-17(26)25-7-3-6-16(25)20(30)24-11-18(27)28/h1-2,4-5,9,14,16,22H,3,6-8,10-11,21H2,(H,23,29)(H,24,30)(H,27,28). The minimum absolute atomic E-state index is 0.275. The number of hydrogen-bond acceptors (Lipinski definition) is 5. The SMILES string of the molecule is NC(Cc1c[nH]c2ccccc12)C(=O)NCC(=O)N1CCCC1C(=O)NCC(=O)O. The quantitative estimate of drug-likeness (QED) is 0.385. The van der Waals surface area contributed by atoms with Crippen molar-refractivity contribution in [3.8, 4) is 0 Å². The number of hydrogen-bond donors (Lipinski definition) is 5. The lowest BCUT2D eigenvalue weighted by molar-refractivity contribution is -0.141. The summed E-state index contributed by atoms with van der Waals surface area (Å²) in [6.45, 7) is -0.402. The topological polar surface area (TPSA) is 158 Å². The number of aliphatic carboxylic acids is 1. The van der Waals surface area contributed by atoms with Gasteiger partial charge in [0.2, 0.25) is 17.7 Å². The third-order valence-corrected chi connectivity index (χ3v) is 5.16. The largest absolute Gasteiger partial charge is 0.480 e. The Morgan fingerprint density at radius 1 is 1.20 bits per heavy atom. The molecule has 1 aromatic carbocycles.